The number of guanidine groups is 1. The Labute approximate surface area is 95.7 Å². The van der Waals surface area contributed by atoms with Gasteiger partial charge in [0.15, 0.2) is 5.96 Å². The highest BCUT2D eigenvalue weighted by Gasteiger charge is 2.14. The monoisotopic (exact) mass is 250 g/mol. The molecule has 9 N–H and O–H groups in total. The number of carbonyl (C=O) groups is 3. The minimum absolute atomic E-state index is 0.296. The molecule has 1 atom stereocenters. The maximum Gasteiger partial charge on any atom is 0.322 e. The van der Waals surface area contributed by atoms with Gasteiger partial charge in [-0.15, -0.1) is 0 Å². The van der Waals surface area contributed by atoms with Crippen LogP contribution in [0.5, 0.6) is 0 Å². The van der Waals surface area contributed by atoms with E-state index < -0.39 is 30.4 Å². The van der Waals surface area contributed by atoms with Crippen molar-refractivity contribution < 1.29 is 29.7 Å². The lowest BCUT2D eigenvalue weighted by atomic mass is 10.2. The second kappa shape index (κ2) is 8.91. The Balaban J connectivity index is 0. The highest BCUT2D eigenvalue weighted by molar-refractivity contribution is 5.80. The Hall–Kier alpha value is -2.36. The van der Waals surface area contributed by atoms with Gasteiger partial charge in [-0.3, -0.25) is 19.8 Å². The third-order valence-electron chi connectivity index (χ3n) is 1.14. The number of hydrogen-bond acceptors (Lipinski definition) is 5. The van der Waals surface area contributed by atoms with E-state index in [-0.39, 0.29) is 12.5 Å². The van der Waals surface area contributed by atoms with E-state index in [4.69, 9.17) is 32.2 Å². The predicted molar refractivity (Wildman–Crippen MR) is 55.4 cm³/mol. The molecule has 0 aliphatic heterocycles. The fourth-order valence-electron chi connectivity index (χ4n) is 0.446. The average molecular weight is 250 g/mol. The zero-order valence-corrected chi connectivity index (χ0v) is 8.71. The molecule has 0 saturated heterocycles. The summed E-state index contributed by atoms with van der Waals surface area (Å²) in [4.78, 5) is 29.3. The van der Waals surface area contributed by atoms with Crippen molar-refractivity contribution in [1.29, 1.82) is 5.41 Å². The van der Waals surface area contributed by atoms with Crippen molar-refractivity contribution in [3.8, 4) is 0 Å². The summed E-state index contributed by atoms with van der Waals surface area (Å²) in [7, 11) is 0. The molecule has 0 spiro atoms. The number of nitrogens with one attached hydrogen (secondary N) is 2. The molecule has 0 radical (unpaired) electrons. The number of nitrogens with two attached hydrogens (primary N) is 2. The zero-order chi connectivity index (χ0) is 14.0. The molecule has 0 fully saturated rings. The molecule has 0 saturated carbocycles. The van der Waals surface area contributed by atoms with Gasteiger partial charge in [0.1, 0.15) is 12.6 Å². The maximum absolute atomic E-state index is 9.85. The Morgan fingerprint density at radius 2 is 1.65 bits per heavy atom. The second-order valence-electron chi connectivity index (χ2n) is 2.70. The van der Waals surface area contributed by atoms with E-state index in [0.717, 1.165) is 0 Å². The van der Waals surface area contributed by atoms with Gasteiger partial charge in [-0.25, -0.2) is 0 Å². The summed E-state index contributed by atoms with van der Waals surface area (Å²) in [6.07, 6.45) is -0.532. The van der Waals surface area contributed by atoms with E-state index in [9.17, 15) is 14.4 Å². The summed E-state index contributed by atoms with van der Waals surface area (Å²) >= 11 is 0. The lowest BCUT2D eigenvalue weighted by Crippen LogP contribution is -2.34. The van der Waals surface area contributed by atoms with Crippen LogP contribution in [0.15, 0.2) is 0 Å². The van der Waals surface area contributed by atoms with Crippen molar-refractivity contribution in [2.45, 2.75) is 12.5 Å². The highest BCUT2D eigenvalue weighted by atomic mass is 16.4. The minimum atomic E-state index is -1.29. The molecule has 0 aliphatic carbocycles. The van der Waals surface area contributed by atoms with Gasteiger partial charge >= 0.3 is 17.9 Å². The summed E-state index contributed by atoms with van der Waals surface area (Å²) in [5, 5.41) is 32.6. The van der Waals surface area contributed by atoms with Crippen molar-refractivity contribution in [1.82, 2.24) is 5.32 Å². The quantitative estimate of drug-likeness (QED) is 0.202. The first kappa shape index (κ1) is 17.0. The molecule has 0 rings (SSSR count). The summed E-state index contributed by atoms with van der Waals surface area (Å²) in [5.74, 6) is -3.85. The number of rotatable bonds is 5. The largest absolute Gasteiger partial charge is 0.481 e. The van der Waals surface area contributed by atoms with Gasteiger partial charge in [-0.2, -0.15) is 0 Å². The summed E-state index contributed by atoms with van der Waals surface area (Å²) in [6.45, 7) is -0.296. The van der Waals surface area contributed by atoms with Crippen LogP contribution in [0.1, 0.15) is 6.42 Å². The molecule has 0 unspecified atom stereocenters. The van der Waals surface area contributed by atoms with E-state index in [2.05, 4.69) is 5.32 Å². The number of hydrogen-bond donors (Lipinski definition) is 7. The Morgan fingerprint density at radius 1 is 1.18 bits per heavy atom. The summed E-state index contributed by atoms with van der Waals surface area (Å²) < 4.78 is 0. The van der Waals surface area contributed by atoms with E-state index >= 15 is 0 Å². The molecular formula is C7H14N4O6. The van der Waals surface area contributed by atoms with Crippen molar-refractivity contribution in [3.63, 3.8) is 0 Å². The number of carboxylic acid groups (broad SMARTS) is 3. The van der Waals surface area contributed by atoms with Crippen LogP contribution in [0.2, 0.25) is 0 Å². The average Bonchev–Trinajstić information content (AvgIpc) is 2.14. The standard InChI is InChI=1S/C4H7NO4.C3H7N3O2/c5-2(4(8)9)1-3(6)7;4-3(5)6-1-2(7)8/h2H,1,5H2,(H,6,7)(H,8,9);1H2,(H,7,8)(H4,4,5,6)/t2-;/m0./s1. The van der Waals surface area contributed by atoms with Gasteiger partial charge in [0.05, 0.1) is 6.42 Å². The molecule has 17 heavy (non-hydrogen) atoms. The van der Waals surface area contributed by atoms with Crippen LogP contribution in [0.3, 0.4) is 0 Å². The lowest BCUT2D eigenvalue weighted by Gasteiger charge is -1.99. The van der Waals surface area contributed by atoms with Crippen LogP contribution in [0.25, 0.3) is 0 Å². The molecule has 10 heteroatoms. The van der Waals surface area contributed by atoms with Crippen molar-refractivity contribution in [2.75, 3.05) is 6.54 Å². The van der Waals surface area contributed by atoms with E-state index in [0.29, 0.717) is 0 Å². The molecule has 0 aromatic rings. The Bertz CT molecular complexity index is 291. The molecule has 0 aliphatic rings. The van der Waals surface area contributed by atoms with Crippen LogP contribution in [-0.4, -0.2) is 51.8 Å². The van der Waals surface area contributed by atoms with Gasteiger partial charge in [0.25, 0.3) is 0 Å². The van der Waals surface area contributed by atoms with Crippen LogP contribution >= 0.6 is 0 Å². The van der Waals surface area contributed by atoms with Crippen LogP contribution in [-0.2, 0) is 14.4 Å². The smallest absolute Gasteiger partial charge is 0.322 e. The second-order valence-corrected chi connectivity index (χ2v) is 2.70. The number of aliphatic carboxylic acids is 3. The van der Waals surface area contributed by atoms with Gasteiger partial charge in [0.2, 0.25) is 0 Å². The summed E-state index contributed by atoms with van der Waals surface area (Å²) in [6, 6.07) is -1.29. The molecule has 0 heterocycles. The van der Waals surface area contributed by atoms with E-state index in [1.54, 1.807) is 0 Å². The minimum Gasteiger partial charge on any atom is -0.481 e. The lowest BCUT2D eigenvalue weighted by molar-refractivity contribution is -0.144. The maximum atomic E-state index is 9.85. The molecule has 98 valence electrons. The van der Waals surface area contributed by atoms with E-state index in [1.165, 1.54) is 0 Å². The first-order valence-corrected chi connectivity index (χ1v) is 4.16. The van der Waals surface area contributed by atoms with Crippen LogP contribution < -0.4 is 16.8 Å². The topological polar surface area (TPSA) is 200 Å². The molecular weight excluding hydrogens is 236 g/mol. The number of carboxylic acids is 3. The fraction of sp³-hybridized carbons (Fsp3) is 0.429. The van der Waals surface area contributed by atoms with Crippen molar-refractivity contribution in [3.05, 3.63) is 0 Å². The van der Waals surface area contributed by atoms with Crippen molar-refractivity contribution in [2.24, 2.45) is 11.5 Å². The first-order chi connectivity index (χ1) is 7.66. The molecule has 0 bridgehead atoms. The van der Waals surface area contributed by atoms with Crippen molar-refractivity contribution >= 4 is 23.9 Å². The van der Waals surface area contributed by atoms with Gasteiger partial charge in [-0.05, 0) is 0 Å². The summed E-state index contributed by atoms with van der Waals surface area (Å²) in [5.41, 5.74) is 9.59. The van der Waals surface area contributed by atoms with Crippen LogP contribution in [0, 0.1) is 5.41 Å². The molecule has 0 aromatic heterocycles. The normalized spacial score (nSPS) is 10.4. The van der Waals surface area contributed by atoms with Gasteiger partial charge < -0.3 is 32.1 Å². The third-order valence-corrected chi connectivity index (χ3v) is 1.14. The van der Waals surface area contributed by atoms with Gasteiger partial charge in [-0.1, -0.05) is 0 Å². The Kier molecular flexibility index (Phi) is 8.93. The predicted octanol–water partition coefficient (Wildman–Crippen LogP) is -2.57. The van der Waals surface area contributed by atoms with Crippen LogP contribution in [0.4, 0.5) is 0 Å². The highest BCUT2D eigenvalue weighted by Crippen LogP contribution is 1.86. The zero-order valence-electron chi connectivity index (χ0n) is 8.71. The fourth-order valence-corrected chi connectivity index (χ4v) is 0.446. The molecule has 10 nitrogen and oxygen atoms in total. The third kappa shape index (κ3) is 16.3. The van der Waals surface area contributed by atoms with E-state index in [1.807, 2.05) is 0 Å². The molecule has 0 aromatic carbocycles. The first-order valence-electron chi connectivity index (χ1n) is 4.16. The Morgan fingerprint density at radius 3 is 1.76 bits per heavy atom. The molecule has 0 amide bonds. The van der Waals surface area contributed by atoms with Gasteiger partial charge in [0, 0.05) is 0 Å². The SMILES string of the molecule is N=C(N)NCC(=O)O.N[C@@H](CC(=O)O)C(=O)O.